The fourth-order valence-electron chi connectivity index (χ4n) is 6.01. The van der Waals surface area contributed by atoms with Crippen LogP contribution in [0.3, 0.4) is 0 Å². The Morgan fingerprint density at radius 1 is 0.938 bits per heavy atom. The van der Waals surface area contributed by atoms with Crippen molar-refractivity contribution in [1.82, 2.24) is 20.4 Å². The lowest BCUT2D eigenvalue weighted by Gasteiger charge is -2.51. The van der Waals surface area contributed by atoms with Gasteiger partial charge in [-0.05, 0) is 62.3 Å². The van der Waals surface area contributed by atoms with Crippen LogP contribution >= 0.6 is 0 Å². The molecule has 0 aromatic heterocycles. The van der Waals surface area contributed by atoms with E-state index in [-0.39, 0.29) is 61.2 Å². The maximum absolute atomic E-state index is 13.7. The van der Waals surface area contributed by atoms with E-state index in [1.807, 2.05) is 37.3 Å². The Morgan fingerprint density at radius 2 is 1.58 bits per heavy atom. The third kappa shape index (κ3) is 8.60. The number of ether oxygens (including phenoxy) is 3. The molecule has 2 aromatic carbocycles. The van der Waals surface area contributed by atoms with Crippen LogP contribution in [0.15, 0.2) is 48.5 Å². The number of likely N-dealkylation sites (tertiary alicyclic amines) is 1. The molecular formula is C34H43N5O9. The lowest BCUT2D eigenvalue weighted by Crippen LogP contribution is -2.73. The number of amides is 5. The summed E-state index contributed by atoms with van der Waals surface area (Å²) in [5, 5.41) is 8.36. The number of urea groups is 1. The number of piperazine rings is 1. The standard InChI is InChI=1S/C34H43N5O9/c1-4-16-39-28(40)27(12-8-9-15-35-33(45)48-22-23-10-6-5-7-11-23)37-31(43)34(39)13-17-38(18-14-34)32(44)36-26-20-24(29(41)46-2)19-25(21-26)30(42)47-3/h5-7,10-11,19-21,27H,4,8-9,12-18,22H2,1-3H3,(H,35,45)(H,36,44)(H,37,43)/t27-/m0/s1. The number of alkyl carbamates (subject to hydrolysis) is 1. The first-order valence-electron chi connectivity index (χ1n) is 16.1. The van der Waals surface area contributed by atoms with E-state index in [2.05, 4.69) is 16.0 Å². The van der Waals surface area contributed by atoms with E-state index in [0.717, 1.165) is 5.56 Å². The molecule has 14 nitrogen and oxygen atoms in total. The van der Waals surface area contributed by atoms with Crippen molar-refractivity contribution in [2.45, 2.75) is 63.6 Å². The number of hydrogen-bond acceptors (Lipinski definition) is 9. The number of nitrogens with zero attached hydrogens (tertiary/aromatic N) is 2. The van der Waals surface area contributed by atoms with E-state index < -0.39 is 35.6 Å². The average Bonchev–Trinajstić information content (AvgIpc) is 3.11. The molecular weight excluding hydrogens is 622 g/mol. The molecule has 5 amide bonds. The molecule has 1 atom stereocenters. The number of methoxy groups -OCH3 is 2. The molecule has 2 fully saturated rings. The van der Waals surface area contributed by atoms with Gasteiger partial charge in [0, 0.05) is 31.9 Å². The Balaban J connectivity index is 1.30. The summed E-state index contributed by atoms with van der Waals surface area (Å²) in [6.45, 7) is 3.29. The number of anilines is 1. The SMILES string of the molecule is CCCN1C(=O)[C@H](CCCCNC(=O)OCc2ccccc2)NC(=O)C12CCN(C(=O)Nc1cc(C(=O)OC)cc(C(=O)OC)c1)CC2. The number of nitrogens with one attached hydrogen (secondary N) is 3. The molecule has 0 bridgehead atoms. The number of rotatable bonds is 12. The molecule has 2 saturated heterocycles. The number of esters is 2. The minimum Gasteiger partial charge on any atom is -0.465 e. The molecule has 4 rings (SSSR count). The van der Waals surface area contributed by atoms with E-state index in [4.69, 9.17) is 14.2 Å². The summed E-state index contributed by atoms with van der Waals surface area (Å²) in [7, 11) is 2.41. The second kappa shape index (κ2) is 16.6. The maximum Gasteiger partial charge on any atom is 0.407 e. The van der Waals surface area contributed by atoms with Crippen molar-refractivity contribution in [2.24, 2.45) is 0 Å². The van der Waals surface area contributed by atoms with Gasteiger partial charge in [0.2, 0.25) is 11.8 Å². The predicted octanol–water partition coefficient (Wildman–Crippen LogP) is 3.46. The van der Waals surface area contributed by atoms with Gasteiger partial charge in [-0.15, -0.1) is 0 Å². The van der Waals surface area contributed by atoms with Gasteiger partial charge in [-0.2, -0.15) is 0 Å². The third-order valence-electron chi connectivity index (χ3n) is 8.56. The van der Waals surface area contributed by atoms with Gasteiger partial charge in [-0.3, -0.25) is 9.59 Å². The largest absolute Gasteiger partial charge is 0.465 e. The van der Waals surface area contributed by atoms with Gasteiger partial charge >= 0.3 is 24.1 Å². The summed E-state index contributed by atoms with van der Waals surface area (Å²) >= 11 is 0. The lowest BCUT2D eigenvalue weighted by atomic mass is 9.81. The summed E-state index contributed by atoms with van der Waals surface area (Å²) in [6, 6.07) is 12.3. The van der Waals surface area contributed by atoms with Crippen molar-refractivity contribution in [3.8, 4) is 0 Å². The van der Waals surface area contributed by atoms with Gasteiger partial charge in [0.1, 0.15) is 18.2 Å². The van der Waals surface area contributed by atoms with Crippen molar-refractivity contribution < 1.29 is 43.0 Å². The number of unbranched alkanes of at least 4 members (excludes halogenated alkanes) is 1. The molecule has 2 aromatic rings. The molecule has 48 heavy (non-hydrogen) atoms. The molecule has 2 aliphatic heterocycles. The second-order valence-electron chi connectivity index (χ2n) is 11.7. The summed E-state index contributed by atoms with van der Waals surface area (Å²) in [6.07, 6.45) is 2.26. The molecule has 2 aliphatic rings. The minimum atomic E-state index is -1.08. The first-order chi connectivity index (χ1) is 23.1. The number of carbonyl (C=O) groups is 6. The van der Waals surface area contributed by atoms with Gasteiger partial charge in [-0.1, -0.05) is 37.3 Å². The Hall–Kier alpha value is -5.14. The summed E-state index contributed by atoms with van der Waals surface area (Å²) in [4.78, 5) is 80.0. The summed E-state index contributed by atoms with van der Waals surface area (Å²) in [5.41, 5.74) is 0.138. The maximum atomic E-state index is 13.7. The van der Waals surface area contributed by atoms with E-state index >= 15 is 0 Å². The van der Waals surface area contributed by atoms with Crippen LogP contribution in [0.5, 0.6) is 0 Å². The van der Waals surface area contributed by atoms with Crippen LogP contribution in [-0.2, 0) is 30.4 Å². The normalized spacial score (nSPS) is 16.9. The third-order valence-corrected chi connectivity index (χ3v) is 8.56. The van der Waals surface area contributed by atoms with Crippen LogP contribution < -0.4 is 16.0 Å². The first kappa shape index (κ1) is 35.7. The zero-order chi connectivity index (χ0) is 34.7. The van der Waals surface area contributed by atoms with Crippen molar-refractivity contribution in [1.29, 1.82) is 0 Å². The Bertz CT molecular complexity index is 1460. The lowest BCUT2D eigenvalue weighted by molar-refractivity contribution is -0.160. The van der Waals surface area contributed by atoms with Crippen LogP contribution in [-0.4, -0.2) is 97.7 Å². The highest BCUT2D eigenvalue weighted by Gasteiger charge is 2.53. The predicted molar refractivity (Wildman–Crippen MR) is 174 cm³/mol. The average molecular weight is 666 g/mol. The quantitative estimate of drug-likeness (QED) is 0.174. The van der Waals surface area contributed by atoms with Crippen molar-refractivity contribution >= 4 is 41.6 Å². The molecule has 3 N–H and O–H groups in total. The molecule has 2 heterocycles. The molecule has 0 aliphatic carbocycles. The summed E-state index contributed by atoms with van der Waals surface area (Å²) < 4.78 is 14.7. The van der Waals surface area contributed by atoms with Crippen LogP contribution in [0.25, 0.3) is 0 Å². The Labute approximate surface area is 279 Å². The van der Waals surface area contributed by atoms with Gasteiger partial charge < -0.3 is 40.0 Å². The van der Waals surface area contributed by atoms with Gasteiger partial charge in [0.25, 0.3) is 0 Å². The number of carbonyl (C=O) groups excluding carboxylic acids is 6. The molecule has 258 valence electrons. The topological polar surface area (TPSA) is 173 Å². The second-order valence-corrected chi connectivity index (χ2v) is 11.7. The molecule has 14 heteroatoms. The van der Waals surface area contributed by atoms with E-state index in [1.54, 1.807) is 4.90 Å². The van der Waals surface area contributed by atoms with Gasteiger partial charge in [0.15, 0.2) is 0 Å². The zero-order valence-electron chi connectivity index (χ0n) is 27.5. The highest BCUT2D eigenvalue weighted by atomic mass is 16.5. The van der Waals surface area contributed by atoms with Gasteiger partial charge in [0.05, 0.1) is 25.3 Å². The van der Waals surface area contributed by atoms with Crippen LogP contribution in [0, 0.1) is 0 Å². The van der Waals surface area contributed by atoms with E-state index in [1.165, 1.54) is 37.3 Å². The number of piperidine rings is 1. The number of benzene rings is 2. The van der Waals surface area contributed by atoms with E-state index in [0.29, 0.717) is 38.8 Å². The Kier molecular flexibility index (Phi) is 12.4. The van der Waals surface area contributed by atoms with Gasteiger partial charge in [-0.25, -0.2) is 19.2 Å². The molecule has 0 saturated carbocycles. The number of hydrogen-bond donors (Lipinski definition) is 3. The smallest absolute Gasteiger partial charge is 0.407 e. The summed E-state index contributed by atoms with van der Waals surface area (Å²) in [5.74, 6) is -1.76. The fraction of sp³-hybridized carbons (Fsp3) is 0.471. The van der Waals surface area contributed by atoms with Crippen LogP contribution in [0.2, 0.25) is 0 Å². The van der Waals surface area contributed by atoms with Crippen molar-refractivity contribution in [2.75, 3.05) is 45.7 Å². The van der Waals surface area contributed by atoms with Crippen molar-refractivity contribution in [3.63, 3.8) is 0 Å². The monoisotopic (exact) mass is 665 g/mol. The molecule has 1 spiro atoms. The Morgan fingerprint density at radius 3 is 2.19 bits per heavy atom. The highest BCUT2D eigenvalue weighted by molar-refractivity contribution is 6.01. The molecule has 0 unspecified atom stereocenters. The minimum absolute atomic E-state index is 0.0630. The molecule has 0 radical (unpaired) electrons. The van der Waals surface area contributed by atoms with Crippen molar-refractivity contribution in [3.05, 3.63) is 65.2 Å². The highest BCUT2D eigenvalue weighted by Crippen LogP contribution is 2.34. The van der Waals surface area contributed by atoms with Crippen LogP contribution in [0.4, 0.5) is 15.3 Å². The zero-order valence-corrected chi connectivity index (χ0v) is 27.5. The van der Waals surface area contributed by atoms with Crippen LogP contribution in [0.1, 0.15) is 71.7 Å². The van der Waals surface area contributed by atoms with E-state index in [9.17, 15) is 28.8 Å². The first-order valence-corrected chi connectivity index (χ1v) is 16.1. The fourth-order valence-corrected chi connectivity index (χ4v) is 6.01.